The van der Waals surface area contributed by atoms with Crippen LogP contribution in [0.4, 0.5) is 0 Å². The third kappa shape index (κ3) is 4.93. The largest absolute Gasteiger partial charge is 0.497 e. The monoisotopic (exact) mass is 279 g/mol. The molecule has 0 saturated carbocycles. The van der Waals surface area contributed by atoms with Crippen LogP contribution in [0.25, 0.3) is 6.08 Å². The second-order valence-corrected chi connectivity index (χ2v) is 4.31. The number of hydrogen-bond acceptors (Lipinski definition) is 4. The lowest BCUT2D eigenvalue weighted by Gasteiger charge is -2.11. The topological polar surface area (TPSA) is 56.8 Å². The first kappa shape index (κ1) is 16.0. The predicted molar refractivity (Wildman–Crippen MR) is 78.1 cm³/mol. The molecule has 0 aromatic heterocycles. The predicted octanol–water partition coefficient (Wildman–Crippen LogP) is 1.87. The minimum absolute atomic E-state index is 0.0325. The van der Waals surface area contributed by atoms with Crippen LogP contribution in [-0.4, -0.2) is 39.9 Å². The average molecular weight is 279 g/mol. The van der Waals surface area contributed by atoms with E-state index in [1.54, 1.807) is 33.5 Å². The van der Waals surface area contributed by atoms with Crippen molar-refractivity contribution < 1.29 is 19.0 Å². The van der Waals surface area contributed by atoms with Crippen molar-refractivity contribution in [1.29, 1.82) is 0 Å². The Morgan fingerprint density at radius 3 is 2.65 bits per heavy atom. The molecular formula is C15H21NO4. The second-order valence-electron chi connectivity index (χ2n) is 4.31. The molecule has 1 aromatic rings. The van der Waals surface area contributed by atoms with E-state index in [1.807, 2.05) is 19.1 Å². The molecule has 1 atom stereocenters. The molecule has 5 nitrogen and oxygen atoms in total. The van der Waals surface area contributed by atoms with E-state index in [9.17, 15) is 4.79 Å². The number of benzene rings is 1. The van der Waals surface area contributed by atoms with Gasteiger partial charge in [-0.3, -0.25) is 4.79 Å². The van der Waals surface area contributed by atoms with Crippen LogP contribution in [-0.2, 0) is 9.53 Å². The molecule has 0 aliphatic carbocycles. The van der Waals surface area contributed by atoms with Crippen molar-refractivity contribution in [3.8, 4) is 11.5 Å². The van der Waals surface area contributed by atoms with Gasteiger partial charge in [0.25, 0.3) is 0 Å². The molecule has 1 amide bonds. The number of ether oxygens (including phenoxy) is 3. The van der Waals surface area contributed by atoms with Gasteiger partial charge in [0, 0.05) is 30.9 Å². The zero-order valence-electron chi connectivity index (χ0n) is 12.3. The van der Waals surface area contributed by atoms with Crippen molar-refractivity contribution in [1.82, 2.24) is 5.32 Å². The third-order valence-electron chi connectivity index (χ3n) is 2.66. The van der Waals surface area contributed by atoms with E-state index in [2.05, 4.69) is 5.32 Å². The summed E-state index contributed by atoms with van der Waals surface area (Å²) in [6.45, 7) is 2.36. The number of hydrogen-bond donors (Lipinski definition) is 1. The maximum Gasteiger partial charge on any atom is 0.244 e. The first-order chi connectivity index (χ1) is 9.60. The molecule has 110 valence electrons. The van der Waals surface area contributed by atoms with Gasteiger partial charge in [0.1, 0.15) is 11.5 Å². The summed E-state index contributed by atoms with van der Waals surface area (Å²) in [5, 5.41) is 2.79. The molecule has 0 spiro atoms. The number of carbonyl (C=O) groups is 1. The zero-order chi connectivity index (χ0) is 15.0. The first-order valence-electron chi connectivity index (χ1n) is 6.30. The standard InChI is InChI=1S/C15H21NO4/c1-11(10-18-2)16-15(17)8-6-12-5-7-13(19-3)9-14(12)20-4/h5-9,11H,10H2,1-4H3,(H,16,17)/b8-6+. The highest BCUT2D eigenvalue weighted by Crippen LogP contribution is 2.25. The highest BCUT2D eigenvalue weighted by molar-refractivity contribution is 5.92. The van der Waals surface area contributed by atoms with E-state index in [0.29, 0.717) is 18.1 Å². The Balaban J connectivity index is 2.72. The number of carbonyl (C=O) groups excluding carboxylic acids is 1. The van der Waals surface area contributed by atoms with Gasteiger partial charge in [0.15, 0.2) is 0 Å². The van der Waals surface area contributed by atoms with Crippen LogP contribution in [0.1, 0.15) is 12.5 Å². The van der Waals surface area contributed by atoms with Crippen LogP contribution in [0.5, 0.6) is 11.5 Å². The molecule has 0 radical (unpaired) electrons. The van der Waals surface area contributed by atoms with Gasteiger partial charge in [-0.25, -0.2) is 0 Å². The lowest BCUT2D eigenvalue weighted by atomic mass is 10.1. The van der Waals surface area contributed by atoms with Gasteiger partial charge in [-0.2, -0.15) is 0 Å². The SMILES string of the molecule is COCC(C)NC(=O)/C=C/c1ccc(OC)cc1OC. The average Bonchev–Trinajstić information content (AvgIpc) is 2.45. The lowest BCUT2D eigenvalue weighted by molar-refractivity contribution is -0.117. The van der Waals surface area contributed by atoms with Crippen LogP contribution >= 0.6 is 0 Å². The Hall–Kier alpha value is -2.01. The summed E-state index contributed by atoms with van der Waals surface area (Å²) in [6, 6.07) is 5.38. The summed E-state index contributed by atoms with van der Waals surface area (Å²) in [7, 11) is 4.77. The quantitative estimate of drug-likeness (QED) is 0.774. The zero-order valence-corrected chi connectivity index (χ0v) is 12.3. The van der Waals surface area contributed by atoms with E-state index in [1.165, 1.54) is 6.08 Å². The normalized spacial score (nSPS) is 12.2. The Morgan fingerprint density at radius 1 is 1.30 bits per heavy atom. The van der Waals surface area contributed by atoms with Crippen LogP contribution in [0.3, 0.4) is 0 Å². The smallest absolute Gasteiger partial charge is 0.244 e. The minimum Gasteiger partial charge on any atom is -0.497 e. The van der Waals surface area contributed by atoms with Crippen LogP contribution in [0.2, 0.25) is 0 Å². The minimum atomic E-state index is -0.174. The summed E-state index contributed by atoms with van der Waals surface area (Å²) in [5.74, 6) is 1.18. The Bertz CT molecular complexity index is 471. The molecule has 0 fully saturated rings. The van der Waals surface area contributed by atoms with E-state index >= 15 is 0 Å². The molecule has 1 aromatic carbocycles. The maximum atomic E-state index is 11.7. The van der Waals surface area contributed by atoms with Gasteiger partial charge in [-0.05, 0) is 25.1 Å². The van der Waals surface area contributed by atoms with Crippen LogP contribution in [0, 0.1) is 0 Å². The summed E-state index contributed by atoms with van der Waals surface area (Å²) in [5.41, 5.74) is 0.808. The number of methoxy groups -OCH3 is 3. The van der Waals surface area contributed by atoms with Crippen molar-refractivity contribution >= 4 is 12.0 Å². The summed E-state index contributed by atoms with van der Waals surface area (Å²) in [6.07, 6.45) is 3.17. The van der Waals surface area contributed by atoms with Gasteiger partial charge in [0.2, 0.25) is 5.91 Å². The maximum absolute atomic E-state index is 11.7. The fourth-order valence-corrected chi connectivity index (χ4v) is 1.70. The van der Waals surface area contributed by atoms with Gasteiger partial charge in [-0.15, -0.1) is 0 Å². The molecule has 0 aliphatic rings. The lowest BCUT2D eigenvalue weighted by Crippen LogP contribution is -2.34. The van der Waals surface area contributed by atoms with E-state index in [4.69, 9.17) is 14.2 Å². The summed E-state index contributed by atoms with van der Waals surface area (Å²) < 4.78 is 15.3. The Labute approximate surface area is 119 Å². The molecule has 0 aliphatic heterocycles. The van der Waals surface area contributed by atoms with Crippen molar-refractivity contribution in [2.24, 2.45) is 0 Å². The van der Waals surface area contributed by atoms with Crippen LogP contribution in [0.15, 0.2) is 24.3 Å². The second kappa shape index (κ2) is 8.22. The van der Waals surface area contributed by atoms with E-state index in [0.717, 1.165) is 5.56 Å². The van der Waals surface area contributed by atoms with Crippen molar-refractivity contribution in [2.75, 3.05) is 27.9 Å². The molecule has 0 heterocycles. The third-order valence-corrected chi connectivity index (χ3v) is 2.66. The van der Waals surface area contributed by atoms with Gasteiger partial charge < -0.3 is 19.5 Å². The Kier molecular flexibility index (Phi) is 6.59. The van der Waals surface area contributed by atoms with Crippen molar-refractivity contribution in [2.45, 2.75) is 13.0 Å². The number of nitrogens with one attached hydrogen (secondary N) is 1. The highest BCUT2D eigenvalue weighted by Gasteiger charge is 2.05. The van der Waals surface area contributed by atoms with E-state index in [-0.39, 0.29) is 11.9 Å². The fraction of sp³-hybridized carbons (Fsp3) is 0.400. The summed E-state index contributed by atoms with van der Waals surface area (Å²) in [4.78, 5) is 11.7. The highest BCUT2D eigenvalue weighted by atomic mass is 16.5. The number of amides is 1. The summed E-state index contributed by atoms with van der Waals surface area (Å²) >= 11 is 0. The molecule has 1 N–H and O–H groups in total. The first-order valence-corrected chi connectivity index (χ1v) is 6.30. The number of rotatable bonds is 7. The van der Waals surface area contributed by atoms with Crippen LogP contribution < -0.4 is 14.8 Å². The molecule has 1 rings (SSSR count). The van der Waals surface area contributed by atoms with Crippen molar-refractivity contribution in [3.63, 3.8) is 0 Å². The van der Waals surface area contributed by atoms with Gasteiger partial charge >= 0.3 is 0 Å². The van der Waals surface area contributed by atoms with Gasteiger partial charge in [0.05, 0.1) is 20.8 Å². The molecular weight excluding hydrogens is 258 g/mol. The molecule has 1 unspecified atom stereocenters. The molecule has 5 heteroatoms. The van der Waals surface area contributed by atoms with E-state index < -0.39 is 0 Å². The molecule has 20 heavy (non-hydrogen) atoms. The molecule has 0 saturated heterocycles. The van der Waals surface area contributed by atoms with Gasteiger partial charge in [-0.1, -0.05) is 0 Å². The van der Waals surface area contributed by atoms with Crippen molar-refractivity contribution in [3.05, 3.63) is 29.8 Å². The Morgan fingerprint density at radius 2 is 2.05 bits per heavy atom. The molecule has 0 bridgehead atoms. The fourth-order valence-electron chi connectivity index (χ4n) is 1.70.